The highest BCUT2D eigenvalue weighted by Crippen LogP contribution is 2.16. The number of unbranched alkanes of at least 4 members (excludes halogenated alkanes) is 1. The quantitative estimate of drug-likeness (QED) is 0.298. The van der Waals surface area contributed by atoms with E-state index in [0.717, 1.165) is 17.7 Å². The van der Waals surface area contributed by atoms with Gasteiger partial charge in [-0.15, -0.1) is 11.8 Å². The van der Waals surface area contributed by atoms with Gasteiger partial charge in [-0.3, -0.25) is 4.79 Å². The predicted octanol–water partition coefficient (Wildman–Crippen LogP) is 4.25. The Balaban J connectivity index is 1.76. The average Bonchev–Trinajstić information content (AvgIpc) is 2.68. The Morgan fingerprint density at radius 1 is 1.07 bits per heavy atom. The molecule has 0 bridgehead atoms. The molecule has 2 aromatic rings. The van der Waals surface area contributed by atoms with Gasteiger partial charge in [0.25, 0.3) is 0 Å². The molecule has 7 heteroatoms. The molecule has 5 nitrogen and oxygen atoms in total. The first-order chi connectivity index (χ1) is 13.1. The number of carbonyl (C=O) groups excluding carboxylic acids is 2. The summed E-state index contributed by atoms with van der Waals surface area (Å²) in [6, 6.07) is 16.4. The Hall–Kier alpha value is -2.38. The number of benzene rings is 2. The largest absolute Gasteiger partial charge is 0.462 e. The van der Waals surface area contributed by atoms with Crippen LogP contribution in [0.3, 0.4) is 0 Å². The number of anilines is 1. The Kier molecular flexibility index (Phi) is 8.80. The zero-order valence-corrected chi connectivity index (χ0v) is 16.7. The van der Waals surface area contributed by atoms with E-state index in [0.29, 0.717) is 17.9 Å². The van der Waals surface area contributed by atoms with Crippen molar-refractivity contribution in [3.63, 3.8) is 0 Å². The maximum atomic E-state index is 12.0. The summed E-state index contributed by atoms with van der Waals surface area (Å²) in [5, 5.41) is 5.78. The minimum atomic E-state index is -0.344. The van der Waals surface area contributed by atoms with Crippen LogP contribution < -0.4 is 10.6 Å². The third-order valence-electron chi connectivity index (χ3n) is 3.48. The van der Waals surface area contributed by atoms with E-state index in [1.807, 2.05) is 37.3 Å². The van der Waals surface area contributed by atoms with Crippen molar-refractivity contribution in [3.8, 4) is 0 Å². The number of nitrogens with one attached hydrogen (secondary N) is 2. The molecule has 0 spiro atoms. The molecule has 2 rings (SSSR count). The third kappa shape index (κ3) is 7.80. The van der Waals surface area contributed by atoms with Crippen molar-refractivity contribution in [2.75, 3.05) is 17.7 Å². The van der Waals surface area contributed by atoms with Gasteiger partial charge in [0.2, 0.25) is 5.91 Å². The summed E-state index contributed by atoms with van der Waals surface area (Å²) in [6.07, 6.45) is 1.82. The van der Waals surface area contributed by atoms with Crippen LogP contribution in [0.5, 0.6) is 0 Å². The topological polar surface area (TPSA) is 67.4 Å². The molecule has 2 N–H and O–H groups in total. The van der Waals surface area contributed by atoms with E-state index in [9.17, 15) is 9.59 Å². The average molecular weight is 403 g/mol. The molecule has 142 valence electrons. The highest BCUT2D eigenvalue weighted by atomic mass is 32.2. The minimum Gasteiger partial charge on any atom is -0.462 e. The van der Waals surface area contributed by atoms with Gasteiger partial charge in [-0.1, -0.05) is 31.5 Å². The lowest BCUT2D eigenvalue weighted by Gasteiger charge is -2.10. The number of rotatable bonds is 8. The number of esters is 1. The second-order valence-corrected chi connectivity index (χ2v) is 7.13. The summed E-state index contributed by atoms with van der Waals surface area (Å²) >= 11 is 6.59. The summed E-state index contributed by atoms with van der Waals surface area (Å²) in [4.78, 5) is 24.8. The van der Waals surface area contributed by atoms with Gasteiger partial charge in [0.05, 0.1) is 17.9 Å². The van der Waals surface area contributed by atoms with E-state index in [1.165, 1.54) is 11.8 Å². The maximum Gasteiger partial charge on any atom is 0.338 e. The highest BCUT2D eigenvalue weighted by Gasteiger charge is 2.08. The van der Waals surface area contributed by atoms with E-state index < -0.39 is 0 Å². The van der Waals surface area contributed by atoms with Crippen molar-refractivity contribution in [3.05, 3.63) is 60.2 Å². The van der Waals surface area contributed by atoms with E-state index in [4.69, 9.17) is 17.0 Å². The minimum absolute atomic E-state index is 0.183. The number of ether oxygens (including phenoxy) is 1. The molecular formula is C20H22N2O3S2. The number of thioether (sulfide) groups is 1. The number of carbonyl (C=O) groups is 2. The fourth-order valence-corrected chi connectivity index (χ4v) is 3.02. The molecule has 0 atom stereocenters. The standard InChI is InChI=1S/C20H22N2O3S2/c1-2-3-13-25-19(24)15-9-11-16(12-10-15)21-20(26)22-18(23)14-27-17-7-5-4-6-8-17/h4-12H,2-3,13-14H2,1H3,(H2,21,22,23,26). The van der Waals surface area contributed by atoms with Gasteiger partial charge in [-0.25, -0.2) is 4.79 Å². The Morgan fingerprint density at radius 2 is 1.78 bits per heavy atom. The second kappa shape index (κ2) is 11.4. The molecule has 2 aromatic carbocycles. The molecular weight excluding hydrogens is 380 g/mol. The van der Waals surface area contributed by atoms with Gasteiger partial charge in [-0.2, -0.15) is 0 Å². The molecule has 0 heterocycles. The van der Waals surface area contributed by atoms with Crippen molar-refractivity contribution in [2.45, 2.75) is 24.7 Å². The van der Waals surface area contributed by atoms with Crippen LogP contribution in [-0.4, -0.2) is 29.3 Å². The molecule has 0 unspecified atom stereocenters. The molecule has 0 saturated heterocycles. The highest BCUT2D eigenvalue weighted by molar-refractivity contribution is 8.00. The first-order valence-corrected chi connectivity index (χ1v) is 10.0. The first kappa shape index (κ1) is 20.9. The zero-order valence-electron chi connectivity index (χ0n) is 15.1. The fraction of sp³-hybridized carbons (Fsp3) is 0.250. The van der Waals surface area contributed by atoms with E-state index in [2.05, 4.69) is 10.6 Å². The SMILES string of the molecule is CCCCOC(=O)c1ccc(NC(=S)NC(=O)CSc2ccccc2)cc1. The molecule has 27 heavy (non-hydrogen) atoms. The zero-order chi connectivity index (χ0) is 19.5. The summed E-state index contributed by atoms with van der Waals surface area (Å²) in [5.41, 5.74) is 1.16. The normalized spacial score (nSPS) is 10.1. The van der Waals surface area contributed by atoms with Gasteiger partial charge < -0.3 is 15.4 Å². The van der Waals surface area contributed by atoms with Crippen LogP contribution in [0, 0.1) is 0 Å². The number of hydrogen-bond acceptors (Lipinski definition) is 5. The Morgan fingerprint density at radius 3 is 2.44 bits per heavy atom. The molecule has 0 radical (unpaired) electrons. The molecule has 1 amide bonds. The van der Waals surface area contributed by atoms with Gasteiger partial charge in [0.15, 0.2) is 5.11 Å². The van der Waals surface area contributed by atoms with Gasteiger partial charge in [0, 0.05) is 10.6 Å². The lowest BCUT2D eigenvalue weighted by Crippen LogP contribution is -2.35. The van der Waals surface area contributed by atoms with Crippen molar-refractivity contribution >= 4 is 46.7 Å². The van der Waals surface area contributed by atoms with Gasteiger partial charge >= 0.3 is 5.97 Å². The second-order valence-electron chi connectivity index (χ2n) is 5.67. The molecule has 0 aliphatic heterocycles. The van der Waals surface area contributed by atoms with Crippen molar-refractivity contribution in [2.24, 2.45) is 0 Å². The summed E-state index contributed by atoms with van der Waals surface area (Å²) in [5.74, 6) is -0.254. The molecule has 0 fully saturated rings. The first-order valence-electron chi connectivity index (χ1n) is 8.64. The van der Waals surface area contributed by atoms with Crippen LogP contribution in [-0.2, 0) is 9.53 Å². The monoisotopic (exact) mass is 402 g/mol. The molecule has 0 aliphatic rings. The van der Waals surface area contributed by atoms with Crippen molar-refractivity contribution in [1.82, 2.24) is 5.32 Å². The van der Waals surface area contributed by atoms with Gasteiger partial charge in [0.1, 0.15) is 0 Å². The molecule has 0 saturated carbocycles. The molecule has 0 aromatic heterocycles. The van der Waals surface area contributed by atoms with Crippen LogP contribution in [0.25, 0.3) is 0 Å². The summed E-state index contributed by atoms with van der Waals surface area (Å²) in [6.45, 7) is 2.46. The third-order valence-corrected chi connectivity index (χ3v) is 4.69. The van der Waals surface area contributed by atoms with E-state index in [-0.39, 0.29) is 22.7 Å². The van der Waals surface area contributed by atoms with Gasteiger partial charge in [-0.05, 0) is 55.0 Å². The van der Waals surface area contributed by atoms with Crippen LogP contribution in [0.15, 0.2) is 59.5 Å². The smallest absolute Gasteiger partial charge is 0.338 e. The summed E-state index contributed by atoms with van der Waals surface area (Å²) < 4.78 is 5.16. The van der Waals surface area contributed by atoms with Crippen molar-refractivity contribution < 1.29 is 14.3 Å². The van der Waals surface area contributed by atoms with Crippen LogP contribution >= 0.6 is 24.0 Å². The van der Waals surface area contributed by atoms with E-state index in [1.54, 1.807) is 24.3 Å². The Labute approximate surface area is 168 Å². The fourth-order valence-electron chi connectivity index (χ4n) is 2.07. The lowest BCUT2D eigenvalue weighted by atomic mass is 10.2. The summed E-state index contributed by atoms with van der Waals surface area (Å²) in [7, 11) is 0. The number of hydrogen-bond donors (Lipinski definition) is 2. The Bertz CT molecular complexity index is 765. The maximum absolute atomic E-state index is 12.0. The van der Waals surface area contributed by atoms with Crippen LogP contribution in [0.2, 0.25) is 0 Å². The molecule has 0 aliphatic carbocycles. The number of thiocarbonyl (C=S) groups is 1. The van der Waals surface area contributed by atoms with Crippen LogP contribution in [0.1, 0.15) is 30.1 Å². The number of amides is 1. The lowest BCUT2D eigenvalue weighted by molar-refractivity contribution is -0.117. The van der Waals surface area contributed by atoms with E-state index >= 15 is 0 Å². The van der Waals surface area contributed by atoms with Crippen molar-refractivity contribution in [1.29, 1.82) is 0 Å². The predicted molar refractivity (Wildman–Crippen MR) is 113 cm³/mol. The van der Waals surface area contributed by atoms with Crippen LogP contribution in [0.4, 0.5) is 5.69 Å².